The molecule has 0 radical (unpaired) electrons. The summed E-state index contributed by atoms with van der Waals surface area (Å²) in [4.78, 5) is 53.6. The van der Waals surface area contributed by atoms with Gasteiger partial charge in [-0.3, -0.25) is 14.4 Å². The summed E-state index contributed by atoms with van der Waals surface area (Å²) in [5.74, 6) is -2.31. The molecule has 2 aliphatic heterocycles. The maximum atomic E-state index is 13.3. The minimum Gasteiger partial charge on any atom is -0.457 e. The fourth-order valence-electron chi connectivity index (χ4n) is 3.61. The first-order valence-electron chi connectivity index (χ1n) is 10.9. The lowest BCUT2D eigenvalue weighted by Gasteiger charge is -2.36. The highest BCUT2D eigenvalue weighted by molar-refractivity contribution is 6.02. The van der Waals surface area contributed by atoms with Gasteiger partial charge in [0.15, 0.2) is 6.10 Å². The topological polar surface area (TPSA) is 112 Å². The molecule has 10 nitrogen and oxygen atoms in total. The van der Waals surface area contributed by atoms with Crippen molar-refractivity contribution in [3.8, 4) is 0 Å². The van der Waals surface area contributed by atoms with E-state index in [4.69, 9.17) is 18.9 Å². The van der Waals surface area contributed by atoms with Crippen molar-refractivity contribution in [3.05, 3.63) is 29.8 Å². The Labute approximate surface area is 192 Å². The second-order valence-corrected chi connectivity index (χ2v) is 8.80. The van der Waals surface area contributed by atoms with E-state index < -0.39 is 35.7 Å². The third-order valence-corrected chi connectivity index (χ3v) is 5.03. The van der Waals surface area contributed by atoms with Crippen LogP contribution in [0.4, 0.5) is 5.69 Å². The first kappa shape index (κ1) is 24.7. The lowest BCUT2D eigenvalue weighted by atomic mass is 10.1. The smallest absolute Gasteiger partial charge is 0.351 e. The number of hydrogen-bond acceptors (Lipinski definition) is 8. The molecule has 0 spiro atoms. The van der Waals surface area contributed by atoms with Gasteiger partial charge in [-0.25, -0.2) is 4.79 Å². The highest BCUT2D eigenvalue weighted by atomic mass is 16.6. The lowest BCUT2D eigenvalue weighted by molar-refractivity contribution is -0.188. The molecule has 0 aromatic heterocycles. The van der Waals surface area contributed by atoms with Gasteiger partial charge in [0.2, 0.25) is 6.10 Å². The highest BCUT2D eigenvalue weighted by Gasteiger charge is 2.44. The molecule has 0 bridgehead atoms. The molecule has 33 heavy (non-hydrogen) atoms. The Morgan fingerprint density at radius 2 is 1.79 bits per heavy atom. The molecule has 0 saturated carbocycles. The number of benzene rings is 1. The van der Waals surface area contributed by atoms with Gasteiger partial charge in [0.1, 0.15) is 5.60 Å². The number of esters is 2. The quantitative estimate of drug-likeness (QED) is 0.600. The summed E-state index contributed by atoms with van der Waals surface area (Å²) >= 11 is 0. The number of carbonyl (C=O) groups excluding carboxylic acids is 4. The van der Waals surface area contributed by atoms with Crippen molar-refractivity contribution in [3.63, 3.8) is 0 Å². The van der Waals surface area contributed by atoms with Crippen LogP contribution in [-0.2, 0) is 33.3 Å². The number of nitrogens with zero attached hydrogens (tertiary/aromatic N) is 2. The van der Waals surface area contributed by atoms with E-state index in [9.17, 15) is 19.2 Å². The van der Waals surface area contributed by atoms with Crippen molar-refractivity contribution in [2.24, 2.45) is 0 Å². The first-order valence-corrected chi connectivity index (χ1v) is 10.9. The molecule has 10 heteroatoms. The Bertz CT molecular complexity index is 904. The number of anilines is 1. The second-order valence-electron chi connectivity index (χ2n) is 8.80. The average molecular weight is 462 g/mol. The largest absolute Gasteiger partial charge is 0.457 e. The molecule has 2 saturated heterocycles. The van der Waals surface area contributed by atoms with Gasteiger partial charge in [-0.15, -0.1) is 0 Å². The van der Waals surface area contributed by atoms with Gasteiger partial charge < -0.3 is 28.7 Å². The normalized spacial score (nSPS) is 20.2. The molecule has 2 unspecified atom stereocenters. The van der Waals surface area contributed by atoms with E-state index in [0.717, 1.165) is 6.92 Å². The predicted octanol–water partition coefficient (Wildman–Crippen LogP) is 1.16. The summed E-state index contributed by atoms with van der Waals surface area (Å²) in [5, 5.41) is 0. The second kappa shape index (κ2) is 10.3. The number of ether oxygens (including phenoxy) is 4. The standard InChI is InChI=1S/C23H30N2O8/c1-15(26)32-19(22(29)33-23(2,3)4)18-21(28)25(10-13-31-18)17-7-5-6-16(14-17)20(27)24-8-11-30-12-9-24/h5-7,14,18-19H,8-13H2,1-4H3. The summed E-state index contributed by atoms with van der Waals surface area (Å²) in [6, 6.07) is 6.71. The molecule has 0 N–H and O–H groups in total. The number of carbonyl (C=O) groups is 4. The van der Waals surface area contributed by atoms with E-state index in [1.165, 1.54) is 4.90 Å². The fraction of sp³-hybridized carbons (Fsp3) is 0.565. The van der Waals surface area contributed by atoms with Crippen molar-refractivity contribution in [1.29, 1.82) is 0 Å². The van der Waals surface area contributed by atoms with E-state index in [2.05, 4.69) is 0 Å². The maximum Gasteiger partial charge on any atom is 0.351 e. The van der Waals surface area contributed by atoms with E-state index in [-0.39, 0.29) is 19.1 Å². The molecule has 2 aliphatic rings. The van der Waals surface area contributed by atoms with Gasteiger partial charge >= 0.3 is 11.9 Å². The van der Waals surface area contributed by atoms with Crippen molar-refractivity contribution < 1.29 is 38.1 Å². The van der Waals surface area contributed by atoms with Crippen LogP contribution in [0.2, 0.25) is 0 Å². The summed E-state index contributed by atoms with van der Waals surface area (Å²) in [6.07, 6.45) is -2.91. The molecular formula is C23H30N2O8. The lowest BCUT2D eigenvalue weighted by Crippen LogP contribution is -2.56. The molecule has 2 fully saturated rings. The van der Waals surface area contributed by atoms with Gasteiger partial charge in [-0.2, -0.15) is 0 Å². The van der Waals surface area contributed by atoms with Gasteiger partial charge in [-0.1, -0.05) is 6.07 Å². The summed E-state index contributed by atoms with van der Waals surface area (Å²) < 4.78 is 21.3. The van der Waals surface area contributed by atoms with Crippen molar-refractivity contribution in [1.82, 2.24) is 4.90 Å². The van der Waals surface area contributed by atoms with Crippen molar-refractivity contribution in [2.75, 3.05) is 44.4 Å². The third-order valence-electron chi connectivity index (χ3n) is 5.03. The van der Waals surface area contributed by atoms with Crippen LogP contribution in [-0.4, -0.2) is 85.9 Å². The summed E-state index contributed by atoms with van der Waals surface area (Å²) in [7, 11) is 0. The summed E-state index contributed by atoms with van der Waals surface area (Å²) in [5.41, 5.74) is 0.0771. The number of morpholine rings is 2. The highest BCUT2D eigenvalue weighted by Crippen LogP contribution is 2.24. The SMILES string of the molecule is CC(=O)OC(C(=O)OC(C)(C)C)C1OCCN(c2cccc(C(=O)N3CCOCC3)c2)C1=O. The monoisotopic (exact) mass is 462 g/mol. The Morgan fingerprint density at radius 1 is 1.09 bits per heavy atom. The van der Waals surface area contributed by atoms with Crippen molar-refractivity contribution in [2.45, 2.75) is 45.5 Å². The van der Waals surface area contributed by atoms with E-state index in [0.29, 0.717) is 37.6 Å². The molecule has 0 aliphatic carbocycles. The van der Waals surface area contributed by atoms with Crippen LogP contribution in [0.15, 0.2) is 24.3 Å². The van der Waals surface area contributed by atoms with Crippen LogP contribution in [0, 0.1) is 0 Å². The molecule has 3 rings (SSSR count). The van der Waals surface area contributed by atoms with Gasteiger partial charge in [0, 0.05) is 37.8 Å². The predicted molar refractivity (Wildman–Crippen MR) is 117 cm³/mol. The summed E-state index contributed by atoms with van der Waals surface area (Å²) in [6.45, 7) is 8.44. The van der Waals surface area contributed by atoms with Crippen molar-refractivity contribution >= 4 is 29.4 Å². The van der Waals surface area contributed by atoms with Crippen LogP contribution >= 0.6 is 0 Å². The number of hydrogen-bond donors (Lipinski definition) is 0. The zero-order valence-electron chi connectivity index (χ0n) is 19.4. The Balaban J connectivity index is 1.82. The molecule has 2 heterocycles. The minimum absolute atomic E-state index is 0.110. The minimum atomic E-state index is -1.55. The van der Waals surface area contributed by atoms with Crippen LogP contribution in [0.1, 0.15) is 38.1 Å². The fourth-order valence-corrected chi connectivity index (χ4v) is 3.61. The number of rotatable bonds is 5. The van der Waals surface area contributed by atoms with Crippen LogP contribution in [0.25, 0.3) is 0 Å². The molecule has 2 amide bonds. The zero-order chi connectivity index (χ0) is 24.2. The van der Waals surface area contributed by atoms with Gasteiger partial charge in [0.25, 0.3) is 11.8 Å². The Kier molecular flexibility index (Phi) is 7.70. The Morgan fingerprint density at radius 3 is 2.42 bits per heavy atom. The van der Waals surface area contributed by atoms with Crippen LogP contribution in [0.5, 0.6) is 0 Å². The molecule has 1 aromatic carbocycles. The molecular weight excluding hydrogens is 432 g/mol. The first-order chi connectivity index (χ1) is 15.6. The molecule has 180 valence electrons. The zero-order valence-corrected chi connectivity index (χ0v) is 19.4. The van der Waals surface area contributed by atoms with E-state index >= 15 is 0 Å². The number of amides is 2. The molecule has 1 aromatic rings. The molecule has 2 atom stereocenters. The van der Waals surface area contributed by atoms with Crippen LogP contribution < -0.4 is 4.90 Å². The Hall–Kier alpha value is -2.98. The average Bonchev–Trinajstić information content (AvgIpc) is 2.77. The van der Waals surface area contributed by atoms with Crippen LogP contribution in [0.3, 0.4) is 0 Å². The van der Waals surface area contributed by atoms with E-state index in [1.54, 1.807) is 49.9 Å². The third kappa shape index (κ3) is 6.29. The van der Waals surface area contributed by atoms with Gasteiger partial charge in [-0.05, 0) is 39.0 Å². The van der Waals surface area contributed by atoms with E-state index in [1.807, 2.05) is 0 Å². The van der Waals surface area contributed by atoms with Gasteiger partial charge in [0.05, 0.1) is 19.8 Å². The maximum absolute atomic E-state index is 13.3.